The van der Waals surface area contributed by atoms with Crippen LogP contribution in [0.25, 0.3) is 10.9 Å². The Kier molecular flexibility index (Phi) is 3.42. The first kappa shape index (κ1) is 14.3. The molecule has 7 heteroatoms. The summed E-state index contributed by atoms with van der Waals surface area (Å²) in [5, 5.41) is 10.4. The van der Waals surface area contributed by atoms with Gasteiger partial charge in [0.2, 0.25) is 0 Å². The van der Waals surface area contributed by atoms with E-state index in [0.29, 0.717) is 11.3 Å². The summed E-state index contributed by atoms with van der Waals surface area (Å²) in [5.74, 6) is -0.303. The van der Waals surface area contributed by atoms with Crippen LogP contribution in [0.1, 0.15) is 10.4 Å². The van der Waals surface area contributed by atoms with Gasteiger partial charge in [-0.05, 0) is 42.5 Å². The number of nitrogens with one attached hydrogen (secondary N) is 2. The lowest BCUT2D eigenvalue weighted by atomic mass is 10.2. The fraction of sp³-hybridized carbons (Fsp3) is 0.0667. The molecular formula is C15H13N3O3S. The molecule has 0 atom stereocenters. The molecule has 3 aromatic rings. The van der Waals surface area contributed by atoms with Crippen molar-refractivity contribution in [2.24, 2.45) is 0 Å². The number of benzene rings is 2. The molecule has 0 aliphatic carbocycles. The summed E-state index contributed by atoms with van der Waals surface area (Å²) in [4.78, 5) is 12.3. The lowest BCUT2D eigenvalue weighted by Crippen LogP contribution is -2.12. The minimum atomic E-state index is -3.26. The van der Waals surface area contributed by atoms with Crippen LogP contribution in [0.3, 0.4) is 0 Å². The van der Waals surface area contributed by atoms with Gasteiger partial charge in [-0.3, -0.25) is 9.89 Å². The van der Waals surface area contributed by atoms with Gasteiger partial charge in [0.25, 0.3) is 5.91 Å². The Balaban J connectivity index is 1.81. The third-order valence-corrected chi connectivity index (χ3v) is 4.37. The van der Waals surface area contributed by atoms with Crippen LogP contribution in [0.15, 0.2) is 53.6 Å². The van der Waals surface area contributed by atoms with Crippen molar-refractivity contribution in [2.75, 3.05) is 11.6 Å². The zero-order valence-electron chi connectivity index (χ0n) is 11.7. The molecule has 0 bridgehead atoms. The number of carbonyl (C=O) groups is 1. The first-order chi connectivity index (χ1) is 10.4. The standard InChI is InChI=1S/C15H13N3O3S/c1-22(20,21)13-5-2-10(3-6-13)15(19)17-12-4-7-14-11(8-12)9-16-18-14/h2-9H,1H3,(H,16,18)(H,17,19). The third-order valence-electron chi connectivity index (χ3n) is 3.24. The van der Waals surface area contributed by atoms with Gasteiger partial charge in [-0.15, -0.1) is 0 Å². The Morgan fingerprint density at radius 1 is 1.14 bits per heavy atom. The van der Waals surface area contributed by atoms with E-state index in [-0.39, 0.29) is 10.8 Å². The summed E-state index contributed by atoms with van der Waals surface area (Å²) >= 11 is 0. The van der Waals surface area contributed by atoms with Gasteiger partial charge >= 0.3 is 0 Å². The summed E-state index contributed by atoms with van der Waals surface area (Å²) in [6, 6.07) is 11.2. The average Bonchev–Trinajstić information content (AvgIpc) is 2.94. The first-order valence-corrected chi connectivity index (χ1v) is 8.37. The van der Waals surface area contributed by atoms with Gasteiger partial charge in [0.1, 0.15) is 0 Å². The molecule has 112 valence electrons. The smallest absolute Gasteiger partial charge is 0.255 e. The van der Waals surface area contributed by atoms with E-state index in [1.807, 2.05) is 12.1 Å². The van der Waals surface area contributed by atoms with Crippen LogP contribution in [0.2, 0.25) is 0 Å². The van der Waals surface area contributed by atoms with Crippen LogP contribution < -0.4 is 5.32 Å². The normalized spacial score (nSPS) is 11.5. The average molecular weight is 315 g/mol. The molecule has 2 N–H and O–H groups in total. The number of fused-ring (bicyclic) bond motifs is 1. The molecule has 0 fully saturated rings. The van der Waals surface area contributed by atoms with Crippen molar-refractivity contribution in [3.63, 3.8) is 0 Å². The summed E-state index contributed by atoms with van der Waals surface area (Å²) in [7, 11) is -3.26. The van der Waals surface area contributed by atoms with E-state index in [1.54, 1.807) is 12.3 Å². The van der Waals surface area contributed by atoms with Crippen LogP contribution >= 0.6 is 0 Å². The van der Waals surface area contributed by atoms with E-state index in [9.17, 15) is 13.2 Å². The van der Waals surface area contributed by atoms with Crippen molar-refractivity contribution < 1.29 is 13.2 Å². The topological polar surface area (TPSA) is 91.9 Å². The van der Waals surface area contributed by atoms with Gasteiger partial charge < -0.3 is 5.32 Å². The summed E-state index contributed by atoms with van der Waals surface area (Å²) in [5.41, 5.74) is 1.92. The molecule has 0 aliphatic rings. The van der Waals surface area contributed by atoms with Gasteiger partial charge in [-0.25, -0.2) is 8.42 Å². The molecule has 0 saturated heterocycles. The monoisotopic (exact) mass is 315 g/mol. The lowest BCUT2D eigenvalue weighted by molar-refractivity contribution is 0.102. The molecule has 3 rings (SSSR count). The number of nitrogens with zero attached hydrogens (tertiary/aromatic N) is 1. The van der Waals surface area contributed by atoms with Crippen molar-refractivity contribution in [3.8, 4) is 0 Å². The first-order valence-electron chi connectivity index (χ1n) is 6.48. The number of sulfone groups is 1. The zero-order valence-corrected chi connectivity index (χ0v) is 12.5. The maximum Gasteiger partial charge on any atom is 0.255 e. The highest BCUT2D eigenvalue weighted by molar-refractivity contribution is 7.90. The number of rotatable bonds is 3. The number of H-pyrrole nitrogens is 1. The van der Waals surface area contributed by atoms with E-state index in [0.717, 1.165) is 17.2 Å². The predicted molar refractivity (Wildman–Crippen MR) is 83.6 cm³/mol. The van der Waals surface area contributed by atoms with Crippen LogP contribution in [-0.4, -0.2) is 30.8 Å². The van der Waals surface area contributed by atoms with Crippen LogP contribution in [0, 0.1) is 0 Å². The highest BCUT2D eigenvalue weighted by Gasteiger charge is 2.10. The fourth-order valence-corrected chi connectivity index (χ4v) is 2.71. The summed E-state index contributed by atoms with van der Waals surface area (Å²) in [6.45, 7) is 0. The molecule has 0 aliphatic heterocycles. The van der Waals surface area contributed by atoms with E-state index in [4.69, 9.17) is 0 Å². The number of aromatic nitrogens is 2. The van der Waals surface area contributed by atoms with Gasteiger partial charge in [0.15, 0.2) is 9.84 Å². The molecule has 2 aromatic carbocycles. The molecule has 0 saturated carbocycles. The molecule has 6 nitrogen and oxygen atoms in total. The maximum absolute atomic E-state index is 12.2. The number of aromatic amines is 1. The van der Waals surface area contributed by atoms with Crippen molar-refractivity contribution in [1.82, 2.24) is 10.2 Å². The Bertz CT molecular complexity index is 944. The number of carbonyl (C=O) groups excluding carboxylic acids is 1. The van der Waals surface area contributed by atoms with E-state index < -0.39 is 9.84 Å². The molecule has 1 aromatic heterocycles. The van der Waals surface area contributed by atoms with Crippen molar-refractivity contribution >= 4 is 32.3 Å². The number of hydrogen-bond donors (Lipinski definition) is 2. The second-order valence-corrected chi connectivity index (χ2v) is 6.94. The predicted octanol–water partition coefficient (Wildman–Crippen LogP) is 2.22. The Hall–Kier alpha value is -2.67. The second-order valence-electron chi connectivity index (χ2n) is 4.92. The lowest BCUT2D eigenvalue weighted by Gasteiger charge is -2.06. The fourth-order valence-electron chi connectivity index (χ4n) is 2.08. The van der Waals surface area contributed by atoms with Crippen LogP contribution in [0.4, 0.5) is 5.69 Å². The second kappa shape index (κ2) is 5.27. The number of amides is 1. The van der Waals surface area contributed by atoms with Crippen LogP contribution in [-0.2, 0) is 9.84 Å². The van der Waals surface area contributed by atoms with E-state index in [1.165, 1.54) is 24.3 Å². The molecule has 0 radical (unpaired) electrons. The van der Waals surface area contributed by atoms with Crippen molar-refractivity contribution in [2.45, 2.75) is 4.90 Å². The maximum atomic E-state index is 12.2. The van der Waals surface area contributed by atoms with Crippen LogP contribution in [0.5, 0.6) is 0 Å². The summed E-state index contributed by atoms with van der Waals surface area (Å²) < 4.78 is 22.8. The molecule has 22 heavy (non-hydrogen) atoms. The van der Waals surface area contributed by atoms with Crippen molar-refractivity contribution in [3.05, 3.63) is 54.2 Å². The highest BCUT2D eigenvalue weighted by atomic mass is 32.2. The highest BCUT2D eigenvalue weighted by Crippen LogP contribution is 2.18. The van der Waals surface area contributed by atoms with Gasteiger partial charge in [-0.2, -0.15) is 5.10 Å². The van der Waals surface area contributed by atoms with Gasteiger partial charge in [-0.1, -0.05) is 0 Å². The quantitative estimate of drug-likeness (QED) is 0.775. The summed E-state index contributed by atoms with van der Waals surface area (Å²) in [6.07, 6.45) is 2.80. The third kappa shape index (κ3) is 2.84. The minimum Gasteiger partial charge on any atom is -0.322 e. The molecule has 0 spiro atoms. The molecule has 1 heterocycles. The Labute approximate surface area is 127 Å². The van der Waals surface area contributed by atoms with E-state index >= 15 is 0 Å². The Morgan fingerprint density at radius 3 is 2.55 bits per heavy atom. The Morgan fingerprint density at radius 2 is 1.86 bits per heavy atom. The van der Waals surface area contributed by atoms with E-state index in [2.05, 4.69) is 15.5 Å². The SMILES string of the molecule is CS(=O)(=O)c1ccc(C(=O)Nc2ccc3[nH]ncc3c2)cc1. The van der Waals surface area contributed by atoms with Gasteiger partial charge in [0.05, 0.1) is 16.6 Å². The molecular weight excluding hydrogens is 302 g/mol. The number of hydrogen-bond acceptors (Lipinski definition) is 4. The largest absolute Gasteiger partial charge is 0.322 e. The molecule has 1 amide bonds. The zero-order chi connectivity index (χ0) is 15.7. The number of anilines is 1. The van der Waals surface area contributed by atoms with Gasteiger partial charge in [0, 0.05) is 22.9 Å². The van der Waals surface area contributed by atoms with Crippen molar-refractivity contribution in [1.29, 1.82) is 0 Å². The molecule has 0 unspecified atom stereocenters. The minimum absolute atomic E-state index is 0.184.